The summed E-state index contributed by atoms with van der Waals surface area (Å²) in [5.41, 5.74) is 0.631. The summed E-state index contributed by atoms with van der Waals surface area (Å²) >= 11 is 0. The lowest BCUT2D eigenvalue weighted by Crippen LogP contribution is -2.33. The lowest BCUT2D eigenvalue weighted by atomic mass is 10.2. The van der Waals surface area contributed by atoms with Gasteiger partial charge in [0, 0.05) is 25.0 Å². The number of nitrogens with one attached hydrogen (secondary N) is 1. The second-order valence-electron chi connectivity index (χ2n) is 4.77. The third kappa shape index (κ3) is 4.43. The van der Waals surface area contributed by atoms with Crippen LogP contribution in [0.1, 0.15) is 17.3 Å². The largest absolute Gasteiger partial charge is 0.471 e. The van der Waals surface area contributed by atoms with E-state index in [1.807, 2.05) is 6.92 Å². The zero-order chi connectivity index (χ0) is 17.7. The van der Waals surface area contributed by atoms with Crippen molar-refractivity contribution >= 4 is 11.6 Å². The van der Waals surface area contributed by atoms with Crippen molar-refractivity contribution < 1.29 is 27.1 Å². The third-order valence-corrected chi connectivity index (χ3v) is 2.95. The van der Waals surface area contributed by atoms with Crippen LogP contribution in [0.15, 0.2) is 30.7 Å². The Morgan fingerprint density at radius 2 is 2.12 bits per heavy atom. The van der Waals surface area contributed by atoms with Crippen molar-refractivity contribution in [3.63, 3.8) is 0 Å². The molecule has 0 atom stereocenters. The van der Waals surface area contributed by atoms with Crippen LogP contribution in [0.5, 0.6) is 5.88 Å². The molecular formula is C14H14F4N4O2. The van der Waals surface area contributed by atoms with E-state index >= 15 is 0 Å². The number of halogens is 4. The molecule has 0 saturated carbocycles. The Kier molecular flexibility index (Phi) is 5.37. The third-order valence-electron chi connectivity index (χ3n) is 2.95. The standard InChI is InChI=1S/C14H14F4N4O2/c1-2-22-7-10(6-20-22)21-12(23)9-3-4-11(19-5-9)24-8-14(17,18)13(15)16/h3-7,13H,2,8H2,1H3,(H,21,23). The molecule has 24 heavy (non-hydrogen) atoms. The highest BCUT2D eigenvalue weighted by atomic mass is 19.3. The molecule has 0 aliphatic carbocycles. The number of amides is 1. The Balaban J connectivity index is 1.94. The average Bonchev–Trinajstić information content (AvgIpc) is 3.01. The Bertz CT molecular complexity index is 688. The highest BCUT2D eigenvalue weighted by Gasteiger charge is 2.41. The topological polar surface area (TPSA) is 69.0 Å². The second-order valence-corrected chi connectivity index (χ2v) is 4.77. The summed E-state index contributed by atoms with van der Waals surface area (Å²) in [6, 6.07) is 2.42. The van der Waals surface area contributed by atoms with Crippen molar-refractivity contribution in [3.8, 4) is 5.88 Å². The van der Waals surface area contributed by atoms with Gasteiger partial charge in [-0.25, -0.2) is 13.8 Å². The van der Waals surface area contributed by atoms with Crippen LogP contribution < -0.4 is 10.1 Å². The zero-order valence-corrected chi connectivity index (χ0v) is 12.5. The van der Waals surface area contributed by atoms with Crippen LogP contribution in [0.2, 0.25) is 0 Å². The number of hydrogen-bond acceptors (Lipinski definition) is 4. The lowest BCUT2D eigenvalue weighted by molar-refractivity contribution is -0.148. The molecule has 2 aromatic heterocycles. The van der Waals surface area contributed by atoms with Crippen LogP contribution in [-0.4, -0.2) is 39.6 Å². The van der Waals surface area contributed by atoms with E-state index in [1.54, 1.807) is 10.9 Å². The van der Waals surface area contributed by atoms with E-state index in [4.69, 9.17) is 0 Å². The van der Waals surface area contributed by atoms with Gasteiger partial charge in [0.15, 0.2) is 6.61 Å². The molecule has 2 heterocycles. The number of hydrogen-bond donors (Lipinski definition) is 1. The molecule has 0 radical (unpaired) electrons. The van der Waals surface area contributed by atoms with Crippen molar-refractivity contribution in [3.05, 3.63) is 36.3 Å². The lowest BCUT2D eigenvalue weighted by Gasteiger charge is -2.15. The quantitative estimate of drug-likeness (QED) is 0.783. The summed E-state index contributed by atoms with van der Waals surface area (Å²) in [7, 11) is 0. The summed E-state index contributed by atoms with van der Waals surface area (Å²) in [4.78, 5) is 15.6. The molecule has 0 bridgehead atoms. The number of carbonyl (C=O) groups excluding carboxylic acids is 1. The maximum Gasteiger partial charge on any atom is 0.340 e. The predicted molar refractivity (Wildman–Crippen MR) is 76.5 cm³/mol. The van der Waals surface area contributed by atoms with E-state index < -0.39 is 24.9 Å². The summed E-state index contributed by atoms with van der Waals surface area (Å²) in [6.07, 6.45) is 0.371. The van der Waals surface area contributed by atoms with Crippen molar-refractivity contribution in [1.29, 1.82) is 0 Å². The SMILES string of the molecule is CCn1cc(NC(=O)c2ccc(OCC(F)(F)C(F)F)nc2)cn1. The fraction of sp³-hybridized carbons (Fsp3) is 0.357. The van der Waals surface area contributed by atoms with Crippen LogP contribution >= 0.6 is 0 Å². The smallest absolute Gasteiger partial charge is 0.340 e. The van der Waals surface area contributed by atoms with Crippen molar-refractivity contribution in [2.24, 2.45) is 0 Å². The normalized spacial score (nSPS) is 11.6. The molecule has 2 aromatic rings. The Morgan fingerprint density at radius 3 is 2.67 bits per heavy atom. The monoisotopic (exact) mass is 346 g/mol. The minimum Gasteiger partial charge on any atom is -0.471 e. The van der Waals surface area contributed by atoms with Gasteiger partial charge < -0.3 is 10.1 Å². The molecule has 130 valence electrons. The van der Waals surface area contributed by atoms with Crippen LogP contribution in [0.25, 0.3) is 0 Å². The average molecular weight is 346 g/mol. The molecule has 0 aliphatic heterocycles. The Labute approximate surface area is 134 Å². The van der Waals surface area contributed by atoms with Gasteiger partial charge in [-0.2, -0.15) is 13.9 Å². The molecular weight excluding hydrogens is 332 g/mol. The van der Waals surface area contributed by atoms with Gasteiger partial charge in [0.25, 0.3) is 5.91 Å². The fourth-order valence-corrected chi connectivity index (χ4v) is 1.64. The molecule has 0 unspecified atom stereocenters. The van der Waals surface area contributed by atoms with E-state index in [0.29, 0.717) is 12.2 Å². The summed E-state index contributed by atoms with van der Waals surface area (Å²) in [5, 5.41) is 6.57. The van der Waals surface area contributed by atoms with Gasteiger partial charge in [-0.05, 0) is 13.0 Å². The zero-order valence-electron chi connectivity index (χ0n) is 12.5. The van der Waals surface area contributed by atoms with E-state index in [2.05, 4.69) is 20.1 Å². The first kappa shape index (κ1) is 17.7. The van der Waals surface area contributed by atoms with Crippen molar-refractivity contribution in [2.45, 2.75) is 25.8 Å². The molecule has 1 amide bonds. The van der Waals surface area contributed by atoms with E-state index in [9.17, 15) is 22.4 Å². The van der Waals surface area contributed by atoms with E-state index in [0.717, 1.165) is 12.3 Å². The molecule has 6 nitrogen and oxygen atoms in total. The van der Waals surface area contributed by atoms with Gasteiger partial charge >= 0.3 is 12.3 Å². The summed E-state index contributed by atoms with van der Waals surface area (Å²) < 4.78 is 55.6. The number of anilines is 1. The fourth-order valence-electron chi connectivity index (χ4n) is 1.64. The number of alkyl halides is 4. The maximum absolute atomic E-state index is 12.7. The first-order valence-electron chi connectivity index (χ1n) is 6.90. The van der Waals surface area contributed by atoms with Crippen LogP contribution in [0, 0.1) is 0 Å². The molecule has 0 saturated heterocycles. The minimum atomic E-state index is -4.27. The predicted octanol–water partition coefficient (Wildman–Crippen LogP) is 2.83. The second kappa shape index (κ2) is 7.28. The Hall–Kier alpha value is -2.65. The highest BCUT2D eigenvalue weighted by Crippen LogP contribution is 2.23. The van der Waals surface area contributed by atoms with Gasteiger partial charge in [-0.15, -0.1) is 0 Å². The number of aromatic nitrogens is 3. The molecule has 1 N–H and O–H groups in total. The van der Waals surface area contributed by atoms with Crippen LogP contribution in [0.3, 0.4) is 0 Å². The number of rotatable bonds is 7. The van der Waals surface area contributed by atoms with Gasteiger partial charge in [0.05, 0.1) is 17.4 Å². The molecule has 10 heteroatoms. The number of pyridine rings is 1. The van der Waals surface area contributed by atoms with Crippen molar-refractivity contribution in [2.75, 3.05) is 11.9 Å². The van der Waals surface area contributed by atoms with Gasteiger partial charge in [-0.1, -0.05) is 0 Å². The summed E-state index contributed by atoms with van der Waals surface area (Å²) in [6.45, 7) is 1.03. The van der Waals surface area contributed by atoms with E-state index in [-0.39, 0.29) is 11.4 Å². The Morgan fingerprint density at radius 1 is 1.38 bits per heavy atom. The molecule has 0 aromatic carbocycles. The first-order chi connectivity index (χ1) is 11.3. The molecule has 0 aliphatic rings. The number of aryl methyl sites for hydroxylation is 1. The van der Waals surface area contributed by atoms with Gasteiger partial charge in [0.1, 0.15) is 0 Å². The molecule has 0 spiro atoms. The van der Waals surface area contributed by atoms with E-state index in [1.165, 1.54) is 12.3 Å². The number of carbonyl (C=O) groups is 1. The first-order valence-corrected chi connectivity index (χ1v) is 6.90. The van der Waals surface area contributed by atoms with Crippen LogP contribution in [-0.2, 0) is 6.54 Å². The molecule has 2 rings (SSSR count). The molecule has 0 fully saturated rings. The maximum atomic E-state index is 12.7. The summed E-state index contributed by atoms with van der Waals surface area (Å²) in [5.74, 6) is -5.04. The van der Waals surface area contributed by atoms with Crippen LogP contribution in [0.4, 0.5) is 23.2 Å². The highest BCUT2D eigenvalue weighted by molar-refractivity contribution is 6.03. The van der Waals surface area contributed by atoms with Gasteiger partial charge in [-0.3, -0.25) is 9.48 Å². The number of nitrogens with zero attached hydrogens (tertiary/aromatic N) is 3. The van der Waals surface area contributed by atoms with Gasteiger partial charge in [0.2, 0.25) is 5.88 Å². The number of ether oxygens (including phenoxy) is 1. The minimum absolute atomic E-state index is 0.146. The van der Waals surface area contributed by atoms with Crippen molar-refractivity contribution in [1.82, 2.24) is 14.8 Å².